The molecule has 0 N–H and O–H groups in total. The lowest BCUT2D eigenvalue weighted by Crippen LogP contribution is -2.31. The van der Waals surface area contributed by atoms with E-state index in [0.29, 0.717) is 23.5 Å². The first-order valence-corrected chi connectivity index (χ1v) is 7.15. The summed E-state index contributed by atoms with van der Waals surface area (Å²) in [7, 11) is 1.66. The highest BCUT2D eigenvalue weighted by Gasteiger charge is 2.21. The second kappa shape index (κ2) is 6.48. The van der Waals surface area contributed by atoms with Gasteiger partial charge in [0.05, 0.1) is 12.2 Å². The highest BCUT2D eigenvalue weighted by atomic mass is 79.9. The molecular formula is C14H17BrFNO2. The van der Waals surface area contributed by atoms with Crippen molar-refractivity contribution in [2.45, 2.75) is 12.8 Å². The summed E-state index contributed by atoms with van der Waals surface area (Å²) >= 11 is 3.24. The van der Waals surface area contributed by atoms with E-state index in [0.717, 1.165) is 6.61 Å². The van der Waals surface area contributed by atoms with Gasteiger partial charge in [-0.15, -0.1) is 0 Å². The number of hydrogen-bond acceptors (Lipinski definition) is 2. The van der Waals surface area contributed by atoms with Crippen molar-refractivity contribution >= 4 is 21.8 Å². The van der Waals surface area contributed by atoms with Crippen LogP contribution in [0.1, 0.15) is 23.2 Å². The summed E-state index contributed by atoms with van der Waals surface area (Å²) < 4.78 is 19.7. The fraction of sp³-hybridized carbons (Fsp3) is 0.500. The van der Waals surface area contributed by atoms with E-state index in [4.69, 9.17) is 4.74 Å². The summed E-state index contributed by atoms with van der Waals surface area (Å²) in [4.78, 5) is 13.6. The molecule has 1 saturated carbocycles. The molecule has 19 heavy (non-hydrogen) atoms. The summed E-state index contributed by atoms with van der Waals surface area (Å²) in [5.74, 6) is -0.115. The smallest absolute Gasteiger partial charge is 0.256 e. The Morgan fingerprint density at radius 3 is 2.95 bits per heavy atom. The molecule has 1 aromatic rings. The van der Waals surface area contributed by atoms with E-state index < -0.39 is 5.82 Å². The summed E-state index contributed by atoms with van der Waals surface area (Å²) in [5, 5.41) is 0. The van der Waals surface area contributed by atoms with Crippen molar-refractivity contribution in [1.82, 2.24) is 4.90 Å². The minimum Gasteiger partial charge on any atom is -0.379 e. The van der Waals surface area contributed by atoms with Crippen LogP contribution in [-0.2, 0) is 4.74 Å². The molecule has 0 aliphatic heterocycles. The molecule has 1 amide bonds. The number of halogens is 2. The van der Waals surface area contributed by atoms with Crippen LogP contribution in [0.5, 0.6) is 0 Å². The van der Waals surface area contributed by atoms with Gasteiger partial charge >= 0.3 is 0 Å². The van der Waals surface area contributed by atoms with Gasteiger partial charge in [-0.1, -0.05) is 15.9 Å². The number of nitrogens with zero attached hydrogens (tertiary/aromatic N) is 1. The van der Waals surface area contributed by atoms with Crippen LogP contribution in [0.2, 0.25) is 0 Å². The van der Waals surface area contributed by atoms with Gasteiger partial charge in [-0.25, -0.2) is 4.39 Å². The van der Waals surface area contributed by atoms with Crippen molar-refractivity contribution in [3.8, 4) is 0 Å². The van der Waals surface area contributed by atoms with Gasteiger partial charge in [0.25, 0.3) is 5.91 Å². The molecule has 0 bridgehead atoms. The molecule has 0 aromatic heterocycles. The van der Waals surface area contributed by atoms with Crippen LogP contribution in [0.3, 0.4) is 0 Å². The van der Waals surface area contributed by atoms with Crippen molar-refractivity contribution in [2.24, 2.45) is 5.92 Å². The van der Waals surface area contributed by atoms with Gasteiger partial charge in [-0.3, -0.25) is 4.79 Å². The molecule has 1 aromatic carbocycles. The first kappa shape index (κ1) is 14.5. The molecule has 0 saturated heterocycles. The Labute approximate surface area is 120 Å². The highest BCUT2D eigenvalue weighted by molar-refractivity contribution is 9.10. The molecule has 0 spiro atoms. The summed E-state index contributed by atoms with van der Waals surface area (Å²) in [6.45, 7) is 1.74. The van der Waals surface area contributed by atoms with Gasteiger partial charge in [0, 0.05) is 24.7 Å². The largest absolute Gasteiger partial charge is 0.379 e. The summed E-state index contributed by atoms with van der Waals surface area (Å²) in [6.07, 6.45) is 2.50. The Morgan fingerprint density at radius 2 is 2.26 bits per heavy atom. The Kier molecular flexibility index (Phi) is 4.93. The van der Waals surface area contributed by atoms with E-state index in [2.05, 4.69) is 15.9 Å². The van der Waals surface area contributed by atoms with E-state index in [1.807, 2.05) is 0 Å². The van der Waals surface area contributed by atoms with Crippen LogP contribution in [0.4, 0.5) is 4.39 Å². The second-order valence-corrected chi connectivity index (χ2v) is 5.78. The van der Waals surface area contributed by atoms with E-state index in [9.17, 15) is 9.18 Å². The number of amides is 1. The van der Waals surface area contributed by atoms with Gasteiger partial charge in [0.1, 0.15) is 5.82 Å². The van der Waals surface area contributed by atoms with E-state index in [-0.39, 0.29) is 11.5 Å². The third kappa shape index (κ3) is 4.28. The van der Waals surface area contributed by atoms with Gasteiger partial charge in [-0.2, -0.15) is 0 Å². The Morgan fingerprint density at radius 1 is 1.53 bits per heavy atom. The number of carbonyl (C=O) groups is 1. The number of rotatable bonds is 6. The molecule has 5 heteroatoms. The quantitative estimate of drug-likeness (QED) is 0.750. The van der Waals surface area contributed by atoms with Crippen LogP contribution in [-0.4, -0.2) is 37.6 Å². The van der Waals surface area contributed by atoms with Crippen LogP contribution in [0.25, 0.3) is 0 Å². The number of benzene rings is 1. The van der Waals surface area contributed by atoms with Gasteiger partial charge in [0.2, 0.25) is 0 Å². The molecule has 3 nitrogen and oxygen atoms in total. The topological polar surface area (TPSA) is 29.5 Å². The van der Waals surface area contributed by atoms with E-state index in [1.54, 1.807) is 13.1 Å². The van der Waals surface area contributed by atoms with Crippen LogP contribution >= 0.6 is 15.9 Å². The molecule has 0 radical (unpaired) electrons. The molecule has 0 atom stereocenters. The Hall–Kier alpha value is -0.940. The van der Waals surface area contributed by atoms with Crippen molar-refractivity contribution < 1.29 is 13.9 Å². The maximum Gasteiger partial charge on any atom is 0.256 e. The zero-order valence-electron chi connectivity index (χ0n) is 10.9. The third-order valence-corrected chi connectivity index (χ3v) is 3.62. The Bertz CT molecular complexity index is 463. The fourth-order valence-electron chi connectivity index (χ4n) is 1.70. The SMILES string of the molecule is CN(CCOCC1CC1)C(=O)c1cc(Br)ccc1F. The van der Waals surface area contributed by atoms with Crippen molar-refractivity contribution in [2.75, 3.05) is 26.8 Å². The number of ether oxygens (including phenoxy) is 1. The van der Waals surface area contributed by atoms with Crippen molar-refractivity contribution in [3.63, 3.8) is 0 Å². The average Bonchev–Trinajstić information content (AvgIpc) is 3.20. The van der Waals surface area contributed by atoms with Crippen LogP contribution in [0, 0.1) is 11.7 Å². The maximum atomic E-state index is 13.6. The zero-order valence-corrected chi connectivity index (χ0v) is 12.5. The summed E-state index contributed by atoms with van der Waals surface area (Å²) in [6, 6.07) is 4.36. The normalized spacial score (nSPS) is 14.5. The number of hydrogen-bond donors (Lipinski definition) is 0. The van der Waals surface area contributed by atoms with E-state index >= 15 is 0 Å². The monoisotopic (exact) mass is 329 g/mol. The lowest BCUT2D eigenvalue weighted by atomic mass is 10.2. The van der Waals surface area contributed by atoms with Crippen molar-refractivity contribution in [3.05, 3.63) is 34.1 Å². The predicted octanol–water partition coefficient (Wildman–Crippen LogP) is 3.09. The Balaban J connectivity index is 1.84. The highest BCUT2D eigenvalue weighted by Crippen LogP contribution is 2.28. The molecule has 1 aliphatic rings. The first-order valence-electron chi connectivity index (χ1n) is 6.36. The van der Waals surface area contributed by atoms with Crippen LogP contribution < -0.4 is 0 Å². The molecular weight excluding hydrogens is 313 g/mol. The molecule has 2 rings (SSSR count). The fourth-order valence-corrected chi connectivity index (χ4v) is 2.07. The maximum absolute atomic E-state index is 13.6. The molecule has 0 heterocycles. The van der Waals surface area contributed by atoms with E-state index in [1.165, 1.54) is 29.9 Å². The number of carbonyl (C=O) groups excluding carboxylic acids is 1. The van der Waals surface area contributed by atoms with Gasteiger partial charge < -0.3 is 9.64 Å². The lowest BCUT2D eigenvalue weighted by molar-refractivity contribution is 0.0677. The second-order valence-electron chi connectivity index (χ2n) is 4.87. The standard InChI is InChI=1S/C14H17BrFNO2/c1-17(6-7-19-9-10-2-3-10)14(18)12-8-11(15)4-5-13(12)16/h4-5,8,10H,2-3,6-7,9H2,1H3. The molecule has 0 unspecified atom stereocenters. The zero-order chi connectivity index (χ0) is 13.8. The number of likely N-dealkylation sites (N-methyl/N-ethyl adjacent to an activating group) is 1. The lowest BCUT2D eigenvalue weighted by Gasteiger charge is -2.17. The summed E-state index contributed by atoms with van der Waals surface area (Å²) in [5.41, 5.74) is 0.0825. The minimum absolute atomic E-state index is 0.0825. The molecule has 1 fully saturated rings. The predicted molar refractivity (Wildman–Crippen MR) is 74.6 cm³/mol. The molecule has 104 valence electrons. The van der Waals surface area contributed by atoms with Crippen LogP contribution in [0.15, 0.2) is 22.7 Å². The third-order valence-electron chi connectivity index (χ3n) is 3.13. The van der Waals surface area contributed by atoms with Gasteiger partial charge in [0.15, 0.2) is 0 Å². The average molecular weight is 330 g/mol. The first-order chi connectivity index (χ1) is 9.08. The van der Waals surface area contributed by atoms with Crippen molar-refractivity contribution in [1.29, 1.82) is 0 Å². The minimum atomic E-state index is -0.501. The van der Waals surface area contributed by atoms with Gasteiger partial charge in [-0.05, 0) is 37.0 Å². The molecule has 1 aliphatic carbocycles.